The maximum atomic E-state index is 13.1. The van der Waals surface area contributed by atoms with Crippen LogP contribution < -0.4 is 0 Å². The molecular formula is C85H156O17P2. The van der Waals surface area contributed by atoms with Gasteiger partial charge in [0.05, 0.1) is 26.4 Å². The molecule has 0 bridgehead atoms. The number of unbranched alkanes of at least 4 members (excludes halogenated alkanes) is 45. The summed E-state index contributed by atoms with van der Waals surface area (Å²) in [5, 5.41) is 10.7. The van der Waals surface area contributed by atoms with Gasteiger partial charge >= 0.3 is 39.5 Å². The fourth-order valence-electron chi connectivity index (χ4n) is 12.0. The Morgan fingerprint density at radius 2 is 0.481 bits per heavy atom. The van der Waals surface area contributed by atoms with Crippen LogP contribution >= 0.6 is 15.6 Å². The number of carbonyl (C=O) groups excluding carboxylic acids is 4. The van der Waals surface area contributed by atoms with E-state index >= 15 is 0 Å². The van der Waals surface area contributed by atoms with E-state index in [9.17, 15) is 43.2 Å². The highest BCUT2D eigenvalue weighted by Gasteiger charge is 2.30. The predicted octanol–water partition coefficient (Wildman–Crippen LogP) is 25.0. The number of aliphatic hydroxyl groups excluding tert-OH is 1. The number of aliphatic hydroxyl groups is 1. The van der Waals surface area contributed by atoms with Crippen LogP contribution in [0.5, 0.6) is 0 Å². The number of hydrogen-bond acceptors (Lipinski definition) is 15. The maximum absolute atomic E-state index is 13.1. The van der Waals surface area contributed by atoms with Gasteiger partial charge in [0.15, 0.2) is 12.2 Å². The Balaban J connectivity index is 5.37. The average Bonchev–Trinajstić information content (AvgIpc) is 1.07. The van der Waals surface area contributed by atoms with Crippen molar-refractivity contribution < 1.29 is 80.2 Å². The number of allylic oxidation sites excluding steroid dienone is 10. The number of phosphoric acid groups is 2. The van der Waals surface area contributed by atoms with Gasteiger partial charge in [-0.05, 0) is 89.9 Å². The molecule has 104 heavy (non-hydrogen) atoms. The molecule has 0 radical (unpaired) electrons. The predicted molar refractivity (Wildman–Crippen MR) is 427 cm³/mol. The monoisotopic (exact) mass is 1510 g/mol. The van der Waals surface area contributed by atoms with E-state index in [2.05, 4.69) is 76.3 Å². The number of ether oxygens (including phenoxy) is 4. The summed E-state index contributed by atoms with van der Waals surface area (Å²) < 4.78 is 68.7. The van der Waals surface area contributed by atoms with Gasteiger partial charge in [0.2, 0.25) is 0 Å². The van der Waals surface area contributed by atoms with Gasteiger partial charge in [0.1, 0.15) is 19.3 Å². The summed E-state index contributed by atoms with van der Waals surface area (Å²) in [6, 6.07) is 0. The van der Waals surface area contributed by atoms with Crippen molar-refractivity contribution in [1.29, 1.82) is 0 Å². The molecule has 0 aromatic rings. The maximum Gasteiger partial charge on any atom is 0.472 e. The summed E-state index contributed by atoms with van der Waals surface area (Å²) in [5.41, 5.74) is 0. The van der Waals surface area contributed by atoms with Crippen LogP contribution in [0.15, 0.2) is 60.8 Å². The molecule has 0 aromatic carbocycles. The molecule has 17 nitrogen and oxygen atoms in total. The number of carbonyl (C=O) groups is 4. The van der Waals surface area contributed by atoms with Gasteiger partial charge in [-0.1, -0.05) is 345 Å². The minimum Gasteiger partial charge on any atom is -0.462 e. The summed E-state index contributed by atoms with van der Waals surface area (Å²) in [7, 11) is -9.96. The van der Waals surface area contributed by atoms with Crippen LogP contribution in [-0.4, -0.2) is 96.7 Å². The quantitative estimate of drug-likeness (QED) is 0.0169. The summed E-state index contributed by atoms with van der Waals surface area (Å²) in [5.74, 6) is -2.21. The van der Waals surface area contributed by atoms with Gasteiger partial charge in [-0.3, -0.25) is 37.3 Å². The molecule has 0 aliphatic rings. The van der Waals surface area contributed by atoms with Crippen LogP contribution in [0, 0.1) is 0 Å². The molecule has 5 atom stereocenters. The van der Waals surface area contributed by atoms with Gasteiger partial charge < -0.3 is 33.8 Å². The molecule has 0 aliphatic heterocycles. The Hall–Kier alpha value is -3.24. The van der Waals surface area contributed by atoms with Crippen molar-refractivity contribution in [1.82, 2.24) is 0 Å². The Labute approximate surface area is 635 Å². The van der Waals surface area contributed by atoms with Gasteiger partial charge in [-0.2, -0.15) is 0 Å². The second kappa shape index (κ2) is 77.9. The average molecular weight is 1510 g/mol. The molecule has 0 fully saturated rings. The molecule has 0 saturated heterocycles. The molecule has 3 N–H and O–H groups in total. The fraction of sp³-hybridized carbons (Fsp3) is 0.835. The van der Waals surface area contributed by atoms with E-state index in [1.165, 1.54) is 205 Å². The highest BCUT2D eigenvalue weighted by molar-refractivity contribution is 7.47. The summed E-state index contributed by atoms with van der Waals surface area (Å²) in [6.07, 6.45) is 79.1. The van der Waals surface area contributed by atoms with Crippen molar-refractivity contribution in [3.05, 3.63) is 60.8 Å². The van der Waals surface area contributed by atoms with Crippen molar-refractivity contribution in [2.45, 2.75) is 418 Å². The van der Waals surface area contributed by atoms with E-state index in [4.69, 9.17) is 37.0 Å². The van der Waals surface area contributed by atoms with E-state index < -0.39 is 97.5 Å². The topological polar surface area (TPSA) is 237 Å². The molecule has 0 saturated carbocycles. The van der Waals surface area contributed by atoms with Crippen molar-refractivity contribution in [3.8, 4) is 0 Å². The van der Waals surface area contributed by atoms with Gasteiger partial charge in [0.25, 0.3) is 0 Å². The Bertz CT molecular complexity index is 2200. The zero-order valence-corrected chi connectivity index (χ0v) is 68.5. The van der Waals surface area contributed by atoms with Crippen LogP contribution in [-0.2, 0) is 65.4 Å². The largest absolute Gasteiger partial charge is 0.472 e. The number of phosphoric ester groups is 2. The van der Waals surface area contributed by atoms with Crippen LogP contribution in [0.3, 0.4) is 0 Å². The molecule has 608 valence electrons. The number of esters is 4. The Morgan fingerprint density at radius 1 is 0.269 bits per heavy atom. The van der Waals surface area contributed by atoms with E-state index in [0.717, 1.165) is 109 Å². The smallest absolute Gasteiger partial charge is 0.462 e. The van der Waals surface area contributed by atoms with Crippen molar-refractivity contribution >= 4 is 39.5 Å². The van der Waals surface area contributed by atoms with E-state index in [1.54, 1.807) is 0 Å². The number of hydrogen-bond donors (Lipinski definition) is 3. The lowest BCUT2D eigenvalue weighted by Crippen LogP contribution is -2.30. The Morgan fingerprint density at radius 3 is 0.788 bits per heavy atom. The van der Waals surface area contributed by atoms with Crippen LogP contribution in [0.4, 0.5) is 0 Å². The third-order valence-corrected chi connectivity index (χ3v) is 20.4. The molecule has 0 amide bonds. The molecule has 0 rings (SSSR count). The standard InChI is InChI=1S/C85H156O17P2/c1-5-9-13-17-21-25-29-33-37-39-43-46-50-54-58-62-66-70-83(88)96-76-80(101-84(89)71-67-63-59-55-51-47-42-36-32-28-24-20-16-12-8-4)77-99-103(91,92)97-73-79(86)74-98-104(93,94)100-78-81(75-95-82(87)69-65-61-57-53-49-45-41-35-31-27-23-19-15-11-7-3)102-85(90)72-68-64-60-56-52-48-44-40-38-34-30-26-22-18-14-10-6-2/h22,26,34-35,38,41,44,48,56,60,79-81,86H,5-21,23-25,27-33,36-37,39-40,42-43,45-47,49-55,57-59,61-78H2,1-4H3,(H,91,92)(H,93,94)/b26-22-,38-34-,41-35-,48-44-,60-56-/t79-,80-,81-/m1/s1. The van der Waals surface area contributed by atoms with Crippen molar-refractivity contribution in [2.75, 3.05) is 39.6 Å². The fourth-order valence-corrected chi connectivity index (χ4v) is 13.6. The lowest BCUT2D eigenvalue weighted by Gasteiger charge is -2.21. The zero-order valence-electron chi connectivity index (χ0n) is 66.7. The van der Waals surface area contributed by atoms with Crippen LogP contribution in [0.1, 0.15) is 400 Å². The first kappa shape index (κ1) is 101. The van der Waals surface area contributed by atoms with Crippen LogP contribution in [0.25, 0.3) is 0 Å². The summed E-state index contributed by atoms with van der Waals surface area (Å²) in [6.45, 7) is 4.88. The minimum absolute atomic E-state index is 0.0216. The lowest BCUT2D eigenvalue weighted by atomic mass is 10.0. The van der Waals surface area contributed by atoms with Gasteiger partial charge in [-0.15, -0.1) is 0 Å². The lowest BCUT2D eigenvalue weighted by molar-refractivity contribution is -0.161. The highest BCUT2D eigenvalue weighted by atomic mass is 31.2. The molecule has 19 heteroatoms. The van der Waals surface area contributed by atoms with Crippen LogP contribution in [0.2, 0.25) is 0 Å². The second-order valence-electron chi connectivity index (χ2n) is 28.8. The minimum atomic E-state index is -4.99. The van der Waals surface area contributed by atoms with E-state index in [0.29, 0.717) is 32.1 Å². The first-order chi connectivity index (χ1) is 50.7. The first-order valence-corrected chi connectivity index (χ1v) is 45.5. The summed E-state index contributed by atoms with van der Waals surface area (Å²) in [4.78, 5) is 73.1. The third kappa shape index (κ3) is 76.9. The third-order valence-electron chi connectivity index (χ3n) is 18.5. The number of rotatable bonds is 81. The second-order valence-corrected chi connectivity index (χ2v) is 31.7. The summed E-state index contributed by atoms with van der Waals surface area (Å²) >= 11 is 0. The molecule has 0 spiro atoms. The Kier molecular flexibility index (Phi) is 75.5. The molecular weight excluding hydrogens is 1350 g/mol. The zero-order chi connectivity index (χ0) is 76.0. The molecule has 2 unspecified atom stereocenters. The normalized spacial score (nSPS) is 14.1. The molecule has 0 aliphatic carbocycles. The van der Waals surface area contributed by atoms with Crippen molar-refractivity contribution in [2.24, 2.45) is 0 Å². The van der Waals surface area contributed by atoms with Gasteiger partial charge in [0, 0.05) is 25.7 Å². The molecule has 0 aromatic heterocycles. The van der Waals surface area contributed by atoms with E-state index in [1.807, 2.05) is 12.2 Å². The highest BCUT2D eigenvalue weighted by Crippen LogP contribution is 2.45. The van der Waals surface area contributed by atoms with Crippen molar-refractivity contribution in [3.63, 3.8) is 0 Å². The molecule has 0 heterocycles. The van der Waals surface area contributed by atoms with Gasteiger partial charge in [-0.25, -0.2) is 9.13 Å². The van der Waals surface area contributed by atoms with E-state index in [-0.39, 0.29) is 25.7 Å². The first-order valence-electron chi connectivity index (χ1n) is 42.5. The SMILES string of the molecule is CCCCC/C=C\C/C=C\C/C=C\C/C=C\CCCC(=O)O[C@H](COC(=O)CCCCCCC/C=C\CCCCCCCC)COP(=O)(O)OC[C@H](O)COP(=O)(O)OC[C@@H](COC(=O)CCCCCCCCCCCCCCCCCCC)OC(=O)CCCCCCCCCCCCCCCCC.